The topological polar surface area (TPSA) is 43.4 Å². The van der Waals surface area contributed by atoms with Gasteiger partial charge < -0.3 is 4.74 Å². The zero-order chi connectivity index (χ0) is 10.6. The number of ether oxygens (including phenoxy) is 1. The van der Waals surface area contributed by atoms with Crippen molar-refractivity contribution in [3.8, 4) is 0 Å². The summed E-state index contributed by atoms with van der Waals surface area (Å²) in [5.74, 6) is -0.113. The zero-order valence-electron chi connectivity index (χ0n) is 8.20. The monoisotopic (exact) mass is 212 g/mol. The molecule has 0 atom stereocenters. The highest BCUT2D eigenvalue weighted by Crippen LogP contribution is 2.18. The van der Waals surface area contributed by atoms with E-state index in [-0.39, 0.29) is 11.8 Å². The normalized spacial score (nSPS) is 9.86. The maximum atomic E-state index is 10.9. The number of carbonyl (C=O) groups is 2. The van der Waals surface area contributed by atoms with Gasteiger partial charge in [-0.1, -0.05) is 0 Å². The molecule has 1 aromatic heterocycles. The molecule has 0 aliphatic carbocycles. The number of thiophene rings is 1. The second-order valence-electron chi connectivity index (χ2n) is 3.00. The van der Waals surface area contributed by atoms with Gasteiger partial charge in [-0.25, -0.2) is 0 Å². The number of ketones is 1. The molecule has 3 nitrogen and oxygen atoms in total. The first-order chi connectivity index (χ1) is 6.61. The van der Waals surface area contributed by atoms with Crippen molar-refractivity contribution in [3.05, 3.63) is 21.9 Å². The summed E-state index contributed by atoms with van der Waals surface area (Å²) in [6.45, 7) is 1.56. The summed E-state index contributed by atoms with van der Waals surface area (Å²) in [6, 6.07) is 3.74. The summed E-state index contributed by atoms with van der Waals surface area (Å²) in [5.41, 5.74) is 0. The van der Waals surface area contributed by atoms with Crippen molar-refractivity contribution in [2.45, 2.75) is 19.8 Å². The van der Waals surface area contributed by atoms with Crippen LogP contribution in [0.3, 0.4) is 0 Å². The van der Waals surface area contributed by atoms with E-state index in [4.69, 9.17) is 0 Å². The molecular formula is C10H12O3S. The van der Waals surface area contributed by atoms with Crippen LogP contribution < -0.4 is 0 Å². The molecule has 1 rings (SSSR count). The molecule has 0 bridgehead atoms. The number of carbonyl (C=O) groups excluding carboxylic acids is 2. The summed E-state index contributed by atoms with van der Waals surface area (Å²) < 4.78 is 4.55. The highest BCUT2D eigenvalue weighted by Gasteiger charge is 2.06. The Morgan fingerprint density at radius 2 is 1.86 bits per heavy atom. The van der Waals surface area contributed by atoms with Crippen LogP contribution in [0.5, 0.6) is 0 Å². The minimum atomic E-state index is -0.249. The van der Waals surface area contributed by atoms with Crippen molar-refractivity contribution in [1.29, 1.82) is 0 Å². The fourth-order valence-corrected chi connectivity index (χ4v) is 2.15. The van der Waals surface area contributed by atoms with Crippen LogP contribution in [0.4, 0.5) is 0 Å². The van der Waals surface area contributed by atoms with Crippen LogP contribution in [0.15, 0.2) is 12.1 Å². The van der Waals surface area contributed by atoms with E-state index >= 15 is 0 Å². The van der Waals surface area contributed by atoms with E-state index in [1.54, 1.807) is 6.92 Å². The maximum absolute atomic E-state index is 10.9. The van der Waals surface area contributed by atoms with E-state index in [1.165, 1.54) is 18.4 Å². The lowest BCUT2D eigenvalue weighted by atomic mass is 10.2. The quantitative estimate of drug-likeness (QED) is 0.712. The standard InChI is InChI=1S/C10H12O3S/c1-7(11)5-8-3-4-9(14-8)6-10(12)13-2/h3-4H,5-6H2,1-2H3. The molecule has 0 aliphatic rings. The van der Waals surface area contributed by atoms with Crippen molar-refractivity contribution in [3.63, 3.8) is 0 Å². The van der Waals surface area contributed by atoms with Gasteiger partial charge in [0.25, 0.3) is 0 Å². The summed E-state index contributed by atoms with van der Waals surface area (Å²) in [7, 11) is 1.37. The van der Waals surface area contributed by atoms with Gasteiger partial charge in [0.05, 0.1) is 13.5 Å². The molecule has 0 saturated heterocycles. The van der Waals surface area contributed by atoms with Crippen molar-refractivity contribution in [2.24, 2.45) is 0 Å². The third-order valence-electron chi connectivity index (χ3n) is 1.69. The largest absolute Gasteiger partial charge is 0.469 e. The SMILES string of the molecule is COC(=O)Cc1ccc(CC(C)=O)s1. The molecule has 0 N–H and O–H groups in total. The van der Waals surface area contributed by atoms with Crippen LogP contribution in [0.1, 0.15) is 16.7 Å². The molecular weight excluding hydrogens is 200 g/mol. The molecule has 0 aromatic carbocycles. The van der Waals surface area contributed by atoms with Crippen LogP contribution in [-0.2, 0) is 27.2 Å². The molecule has 0 aliphatic heterocycles. The van der Waals surface area contributed by atoms with E-state index in [9.17, 15) is 9.59 Å². The Morgan fingerprint density at radius 1 is 1.29 bits per heavy atom. The Kier molecular flexibility index (Phi) is 3.83. The summed E-state index contributed by atoms with van der Waals surface area (Å²) in [4.78, 5) is 23.7. The molecule has 0 spiro atoms. The van der Waals surface area contributed by atoms with E-state index in [2.05, 4.69) is 4.74 Å². The lowest BCUT2D eigenvalue weighted by Crippen LogP contribution is -2.02. The molecule has 1 heterocycles. The molecule has 14 heavy (non-hydrogen) atoms. The van der Waals surface area contributed by atoms with Gasteiger partial charge in [-0.3, -0.25) is 9.59 Å². The lowest BCUT2D eigenvalue weighted by molar-refractivity contribution is -0.139. The minimum absolute atomic E-state index is 0.136. The molecule has 76 valence electrons. The number of Topliss-reactive ketones (excluding diaryl/α,β-unsaturated/α-hetero) is 1. The van der Waals surface area contributed by atoms with Crippen LogP contribution in [0, 0.1) is 0 Å². The van der Waals surface area contributed by atoms with Crippen molar-refractivity contribution in [2.75, 3.05) is 7.11 Å². The first kappa shape index (κ1) is 10.9. The molecule has 0 unspecified atom stereocenters. The third-order valence-corrected chi connectivity index (χ3v) is 2.77. The van der Waals surface area contributed by atoms with Crippen LogP contribution >= 0.6 is 11.3 Å². The van der Waals surface area contributed by atoms with Gasteiger partial charge in [0.2, 0.25) is 0 Å². The molecule has 0 saturated carbocycles. The molecule has 0 radical (unpaired) electrons. The van der Waals surface area contributed by atoms with E-state index in [0.717, 1.165) is 9.75 Å². The number of hydrogen-bond acceptors (Lipinski definition) is 4. The number of hydrogen-bond donors (Lipinski definition) is 0. The van der Waals surface area contributed by atoms with Gasteiger partial charge in [-0.15, -0.1) is 11.3 Å². The molecule has 4 heteroatoms. The molecule has 0 amide bonds. The average molecular weight is 212 g/mol. The molecule has 1 aromatic rings. The fourth-order valence-electron chi connectivity index (χ4n) is 1.07. The first-order valence-corrected chi connectivity index (χ1v) is 5.07. The smallest absolute Gasteiger partial charge is 0.310 e. The van der Waals surface area contributed by atoms with Gasteiger partial charge in [0, 0.05) is 16.2 Å². The predicted octanol–water partition coefficient (Wildman–Crippen LogP) is 1.60. The Balaban J connectivity index is 2.59. The van der Waals surface area contributed by atoms with Crippen molar-refractivity contribution in [1.82, 2.24) is 0 Å². The lowest BCUT2D eigenvalue weighted by Gasteiger charge is -1.94. The van der Waals surface area contributed by atoms with Crippen molar-refractivity contribution < 1.29 is 14.3 Å². The van der Waals surface area contributed by atoms with Gasteiger partial charge in [0.1, 0.15) is 5.78 Å². The van der Waals surface area contributed by atoms with Gasteiger partial charge in [0.15, 0.2) is 0 Å². The Morgan fingerprint density at radius 3 is 2.36 bits per heavy atom. The van der Waals surface area contributed by atoms with Gasteiger partial charge >= 0.3 is 5.97 Å². The van der Waals surface area contributed by atoms with Crippen molar-refractivity contribution >= 4 is 23.1 Å². The zero-order valence-corrected chi connectivity index (χ0v) is 9.02. The number of esters is 1. The maximum Gasteiger partial charge on any atom is 0.310 e. The molecule has 0 fully saturated rings. The third kappa shape index (κ3) is 3.30. The predicted molar refractivity (Wildman–Crippen MR) is 54.4 cm³/mol. The van der Waals surface area contributed by atoms with E-state index < -0.39 is 0 Å². The Bertz CT molecular complexity index is 341. The highest BCUT2D eigenvalue weighted by atomic mass is 32.1. The van der Waals surface area contributed by atoms with E-state index in [1.807, 2.05) is 12.1 Å². The Labute approximate surface area is 86.7 Å². The second kappa shape index (κ2) is 4.91. The summed E-state index contributed by atoms with van der Waals surface area (Å²) in [5, 5.41) is 0. The van der Waals surface area contributed by atoms with E-state index in [0.29, 0.717) is 12.8 Å². The number of rotatable bonds is 4. The Hall–Kier alpha value is -1.16. The average Bonchev–Trinajstić information content (AvgIpc) is 2.51. The summed E-state index contributed by atoms with van der Waals surface area (Å²) >= 11 is 1.48. The van der Waals surface area contributed by atoms with Gasteiger partial charge in [-0.2, -0.15) is 0 Å². The minimum Gasteiger partial charge on any atom is -0.469 e. The fraction of sp³-hybridized carbons (Fsp3) is 0.400. The van der Waals surface area contributed by atoms with Crippen LogP contribution in [0.25, 0.3) is 0 Å². The highest BCUT2D eigenvalue weighted by molar-refractivity contribution is 7.12. The van der Waals surface area contributed by atoms with Crippen LogP contribution in [0.2, 0.25) is 0 Å². The number of methoxy groups -OCH3 is 1. The second-order valence-corrected chi connectivity index (χ2v) is 4.25. The first-order valence-electron chi connectivity index (χ1n) is 4.25. The van der Waals surface area contributed by atoms with Gasteiger partial charge in [-0.05, 0) is 19.1 Å². The van der Waals surface area contributed by atoms with Crippen LogP contribution in [-0.4, -0.2) is 18.9 Å². The summed E-state index contributed by atoms with van der Waals surface area (Å²) in [6.07, 6.45) is 0.741.